The zero-order valence-corrected chi connectivity index (χ0v) is 4.84. The summed E-state index contributed by atoms with van der Waals surface area (Å²) in [6.07, 6.45) is 6.18. The average molecular weight is 114 g/mol. The quantitative estimate of drug-likeness (QED) is 0.319. The molecule has 0 unspecified atom stereocenters. The Balaban J connectivity index is 0. The van der Waals surface area contributed by atoms with E-state index < -0.39 is 0 Å². The Kier molecular flexibility index (Phi) is 13.5. The molecule has 0 N–H and O–H groups in total. The van der Waals surface area contributed by atoms with Crippen molar-refractivity contribution in [2.45, 2.75) is 6.92 Å². The molecule has 0 spiro atoms. The Labute approximate surface area is 50.2 Å². The average Bonchev–Trinajstić information content (AvgIpc) is 1.41. The van der Waals surface area contributed by atoms with Crippen LogP contribution in [0.3, 0.4) is 0 Å². The van der Waals surface area contributed by atoms with Gasteiger partial charge in [-0.2, -0.15) is 0 Å². The molecule has 0 nitrogen and oxygen atoms in total. The van der Waals surface area contributed by atoms with E-state index in [0.717, 1.165) is 0 Å². The van der Waals surface area contributed by atoms with E-state index in [4.69, 9.17) is 6.42 Å². The summed E-state index contributed by atoms with van der Waals surface area (Å²) >= 11 is 0. The van der Waals surface area contributed by atoms with Crippen LogP contribution in [0, 0.1) is 24.2 Å². The normalized spacial score (nSPS) is 2.67. The first kappa shape index (κ1) is 9.20. The molecule has 0 saturated carbocycles. The van der Waals surface area contributed by atoms with Crippen LogP contribution < -0.4 is 0 Å². The Morgan fingerprint density at radius 1 is 1.50 bits per heavy atom. The maximum Gasteiger partial charge on any atom is 0 e. The third kappa shape index (κ3) is 9.33. The predicted octanol–water partition coefficient (Wildman–Crippen LogP) is 0.597. The van der Waals surface area contributed by atoms with Crippen LogP contribution in [-0.4, -0.2) is 0 Å². The first-order valence-corrected chi connectivity index (χ1v) is 1.25. The molecule has 0 rings (SSSR count). The molecule has 0 amide bonds. The fraction of sp³-hybridized carbons (Fsp3) is 0.200. The Bertz CT molecular complexity index is 97.3. The molecular weight excluding hydrogens is 111 g/mol. The second-order valence-electron chi connectivity index (χ2n) is 0.500. The minimum Gasteiger partial charge on any atom is -0.358 e. The van der Waals surface area contributed by atoms with Crippen molar-refractivity contribution >= 4 is 0 Å². The molecule has 0 heterocycles. The summed E-state index contributed by atoms with van der Waals surface area (Å²) < 4.78 is 0. The zero-order valence-electron chi connectivity index (χ0n) is 3.45. The molecular formula is C5H3V-. The van der Waals surface area contributed by atoms with Gasteiger partial charge in [-0.1, -0.05) is 0 Å². The van der Waals surface area contributed by atoms with Crippen LogP contribution in [0.5, 0.6) is 0 Å². The molecule has 0 aliphatic heterocycles. The predicted molar refractivity (Wildman–Crippen MR) is 20.6 cm³/mol. The first-order valence-electron chi connectivity index (χ1n) is 1.25. The molecule has 0 atom stereocenters. The van der Waals surface area contributed by atoms with Gasteiger partial charge in [0, 0.05) is 18.6 Å². The Morgan fingerprint density at radius 3 is 2.00 bits per heavy atom. The number of hydrogen-bond donors (Lipinski definition) is 0. The minimum atomic E-state index is 0. The molecule has 29 valence electrons. The molecule has 0 saturated heterocycles. The molecule has 0 aromatic carbocycles. The van der Waals surface area contributed by atoms with E-state index >= 15 is 0 Å². The van der Waals surface area contributed by atoms with Gasteiger partial charge in [-0.15, -0.1) is 0 Å². The summed E-state index contributed by atoms with van der Waals surface area (Å²) in [5.74, 6) is 6.65. The summed E-state index contributed by atoms with van der Waals surface area (Å²) in [5, 5.41) is 0. The Morgan fingerprint density at radius 2 is 2.00 bits per heavy atom. The first-order chi connectivity index (χ1) is 2.41. The van der Waals surface area contributed by atoms with Gasteiger partial charge in [-0.3, -0.25) is 11.8 Å². The van der Waals surface area contributed by atoms with Crippen molar-refractivity contribution < 1.29 is 18.6 Å². The van der Waals surface area contributed by atoms with Gasteiger partial charge in [-0.05, 0) is 6.92 Å². The smallest absolute Gasteiger partial charge is 0 e. The van der Waals surface area contributed by atoms with Gasteiger partial charge in [0.05, 0.1) is 0 Å². The van der Waals surface area contributed by atoms with Crippen LogP contribution >= 0.6 is 0 Å². The van der Waals surface area contributed by atoms with Gasteiger partial charge >= 0.3 is 0 Å². The molecule has 1 heteroatoms. The maximum absolute atomic E-state index is 6.18. The summed E-state index contributed by atoms with van der Waals surface area (Å²) in [4.78, 5) is 0. The monoisotopic (exact) mass is 114 g/mol. The SMILES string of the molecule is [C-]#CC#CC.[V]. The molecule has 0 aromatic rings. The molecule has 0 bridgehead atoms. The van der Waals surface area contributed by atoms with Crippen LogP contribution in [0.1, 0.15) is 6.92 Å². The van der Waals surface area contributed by atoms with Gasteiger partial charge in [0.15, 0.2) is 0 Å². The van der Waals surface area contributed by atoms with Crippen molar-refractivity contribution in [1.29, 1.82) is 0 Å². The standard InChI is InChI=1S/C5H3.V/c1-3-5-4-2;/h1H3;/q-1;. The topological polar surface area (TPSA) is 0 Å². The van der Waals surface area contributed by atoms with Crippen LogP contribution in [0.25, 0.3) is 0 Å². The zero-order chi connectivity index (χ0) is 4.12. The molecule has 0 aliphatic carbocycles. The van der Waals surface area contributed by atoms with Crippen LogP contribution in [0.15, 0.2) is 0 Å². The fourth-order valence-corrected chi connectivity index (χ4v) is 0.0625. The van der Waals surface area contributed by atoms with E-state index in [1.165, 1.54) is 0 Å². The van der Waals surface area contributed by atoms with Crippen LogP contribution in [-0.2, 0) is 18.6 Å². The van der Waals surface area contributed by atoms with Crippen molar-refractivity contribution in [3.63, 3.8) is 0 Å². The van der Waals surface area contributed by atoms with Crippen molar-refractivity contribution in [2.75, 3.05) is 0 Å². The molecule has 0 aromatic heterocycles. The van der Waals surface area contributed by atoms with Gasteiger partial charge in [0.25, 0.3) is 0 Å². The van der Waals surface area contributed by atoms with E-state index in [9.17, 15) is 0 Å². The summed E-state index contributed by atoms with van der Waals surface area (Å²) in [5.41, 5.74) is 0. The van der Waals surface area contributed by atoms with Gasteiger partial charge in [-0.25, -0.2) is 5.92 Å². The maximum atomic E-state index is 6.18. The van der Waals surface area contributed by atoms with Crippen molar-refractivity contribution in [1.82, 2.24) is 0 Å². The largest absolute Gasteiger partial charge is 0.358 e. The third-order valence-corrected chi connectivity index (χ3v) is 0.188. The van der Waals surface area contributed by atoms with Gasteiger partial charge < -0.3 is 6.42 Å². The molecule has 0 aliphatic rings. The third-order valence-electron chi connectivity index (χ3n) is 0.188. The van der Waals surface area contributed by atoms with Crippen molar-refractivity contribution in [3.8, 4) is 17.8 Å². The number of hydrogen-bond acceptors (Lipinski definition) is 0. The molecule has 0 fully saturated rings. The van der Waals surface area contributed by atoms with Crippen LogP contribution in [0.4, 0.5) is 0 Å². The van der Waals surface area contributed by atoms with Gasteiger partial charge in [0.1, 0.15) is 0 Å². The van der Waals surface area contributed by atoms with Crippen molar-refractivity contribution in [2.24, 2.45) is 0 Å². The Hall–Kier alpha value is -0.296. The van der Waals surface area contributed by atoms with Gasteiger partial charge in [0.2, 0.25) is 0 Å². The van der Waals surface area contributed by atoms with E-state index in [-0.39, 0.29) is 18.6 Å². The minimum absolute atomic E-state index is 0. The molecule has 1 radical (unpaired) electrons. The second kappa shape index (κ2) is 8.83. The van der Waals surface area contributed by atoms with E-state index in [2.05, 4.69) is 11.8 Å². The van der Waals surface area contributed by atoms with E-state index in [1.807, 2.05) is 5.92 Å². The van der Waals surface area contributed by atoms with E-state index in [1.54, 1.807) is 6.92 Å². The van der Waals surface area contributed by atoms with E-state index in [0.29, 0.717) is 0 Å². The molecule has 6 heavy (non-hydrogen) atoms. The second-order valence-corrected chi connectivity index (χ2v) is 0.500. The van der Waals surface area contributed by atoms with Crippen LogP contribution in [0.2, 0.25) is 0 Å². The van der Waals surface area contributed by atoms with Crippen molar-refractivity contribution in [3.05, 3.63) is 6.42 Å². The number of rotatable bonds is 0. The summed E-state index contributed by atoms with van der Waals surface area (Å²) in [6, 6.07) is 0. The fourth-order valence-electron chi connectivity index (χ4n) is 0.0625. The summed E-state index contributed by atoms with van der Waals surface area (Å²) in [6.45, 7) is 1.67. The summed E-state index contributed by atoms with van der Waals surface area (Å²) in [7, 11) is 0.